The minimum Gasteiger partial charge on any atom is -0.492 e. The Hall–Kier alpha value is -3.72. The molecule has 0 aliphatic carbocycles. The Morgan fingerprint density at radius 1 is 1.00 bits per heavy atom. The maximum absolute atomic E-state index is 13.0. The molecule has 0 spiro atoms. The van der Waals surface area contributed by atoms with Crippen LogP contribution in [0.4, 0.5) is 10.5 Å². The fraction of sp³-hybridized carbons (Fsp3) is 0.273. The number of carbonyl (C=O) groups excluding carboxylic acids is 2. The highest BCUT2D eigenvalue weighted by atomic mass is 16.7. The maximum atomic E-state index is 13.0. The second-order valence-corrected chi connectivity index (χ2v) is 6.84. The number of amides is 2. The summed E-state index contributed by atoms with van der Waals surface area (Å²) >= 11 is 0. The van der Waals surface area contributed by atoms with Crippen molar-refractivity contribution in [3.8, 4) is 11.8 Å². The van der Waals surface area contributed by atoms with E-state index in [-0.39, 0.29) is 11.6 Å². The summed E-state index contributed by atoms with van der Waals surface area (Å²) < 4.78 is 0.570. The van der Waals surface area contributed by atoms with E-state index in [2.05, 4.69) is 29.4 Å². The average molecular weight is 426 g/mol. The maximum Gasteiger partial charge on any atom is 0.436 e. The lowest BCUT2D eigenvalue weighted by Gasteiger charge is -2.19. The van der Waals surface area contributed by atoms with Gasteiger partial charge in [0.2, 0.25) is 11.8 Å². The van der Waals surface area contributed by atoms with Crippen LogP contribution in [0.3, 0.4) is 0 Å². The molecule has 3 rings (SSSR count). The van der Waals surface area contributed by atoms with Crippen molar-refractivity contribution in [2.24, 2.45) is 0 Å². The Morgan fingerprint density at radius 2 is 1.68 bits per heavy atom. The van der Waals surface area contributed by atoms with E-state index in [0.29, 0.717) is 28.8 Å². The molecule has 0 unspecified atom stereocenters. The summed E-state index contributed by atoms with van der Waals surface area (Å²) in [5.74, 6) is -1.22. The Morgan fingerprint density at radius 3 is 2.35 bits per heavy atom. The number of nitrogens with one attached hydrogen (secondary N) is 2. The molecule has 1 heterocycles. The smallest absolute Gasteiger partial charge is 0.436 e. The number of likely N-dealkylation sites (N-methyl/N-ethyl adjacent to an activating group) is 1. The van der Waals surface area contributed by atoms with Crippen LogP contribution in [0.15, 0.2) is 48.5 Å². The zero-order chi connectivity index (χ0) is 22.4. The molecule has 0 bridgehead atoms. The van der Waals surface area contributed by atoms with Gasteiger partial charge in [-0.1, -0.05) is 44.2 Å². The van der Waals surface area contributed by atoms with E-state index in [1.165, 1.54) is 12.1 Å². The number of hydrogen-bond donors (Lipinski definition) is 4. The van der Waals surface area contributed by atoms with Crippen LogP contribution in [0.1, 0.15) is 24.2 Å². The molecule has 31 heavy (non-hydrogen) atoms. The number of carbonyl (C=O) groups is 2. The molecule has 1 aromatic heterocycles. The van der Waals surface area contributed by atoms with E-state index in [9.17, 15) is 19.8 Å². The molecule has 0 saturated heterocycles. The molecule has 4 N–H and O–H groups in total. The fourth-order valence-electron chi connectivity index (χ4n) is 3.29. The van der Waals surface area contributed by atoms with Crippen LogP contribution in [0.25, 0.3) is 10.8 Å². The molecule has 2 amide bonds. The van der Waals surface area contributed by atoms with Crippen LogP contribution in [0, 0.1) is 0 Å². The zero-order valence-corrected chi connectivity index (χ0v) is 17.5. The van der Waals surface area contributed by atoms with Gasteiger partial charge in [-0.15, -0.1) is 4.73 Å². The fourth-order valence-corrected chi connectivity index (χ4v) is 3.29. The second kappa shape index (κ2) is 9.86. The van der Waals surface area contributed by atoms with E-state index >= 15 is 0 Å². The van der Waals surface area contributed by atoms with E-state index in [1.54, 1.807) is 18.2 Å². The Bertz CT molecular complexity index is 1060. The summed E-state index contributed by atoms with van der Waals surface area (Å²) in [5, 5.41) is 26.2. The molecular formula is C22H26N4O5. The predicted octanol–water partition coefficient (Wildman–Crippen LogP) is 2.78. The number of aromatic nitrogens is 1. The van der Waals surface area contributed by atoms with E-state index in [1.807, 2.05) is 18.2 Å². The van der Waals surface area contributed by atoms with Gasteiger partial charge in [-0.25, -0.2) is 4.79 Å². The largest absolute Gasteiger partial charge is 0.492 e. The molecule has 3 aromatic rings. The highest BCUT2D eigenvalue weighted by Crippen LogP contribution is 2.27. The number of anilines is 1. The van der Waals surface area contributed by atoms with Crippen LogP contribution < -0.4 is 15.5 Å². The lowest BCUT2D eigenvalue weighted by Crippen LogP contribution is -2.35. The highest BCUT2D eigenvalue weighted by Gasteiger charge is 2.19. The van der Waals surface area contributed by atoms with Gasteiger partial charge in [0.25, 0.3) is 5.91 Å². The molecule has 0 radical (unpaired) electrons. The molecule has 9 nitrogen and oxygen atoms in total. The van der Waals surface area contributed by atoms with Crippen molar-refractivity contribution in [2.75, 3.05) is 31.5 Å². The molecule has 2 aromatic carbocycles. The van der Waals surface area contributed by atoms with Gasteiger partial charge in [-0.05, 0) is 29.9 Å². The van der Waals surface area contributed by atoms with Gasteiger partial charge in [0.15, 0.2) is 0 Å². The molecule has 0 aliphatic heterocycles. The van der Waals surface area contributed by atoms with Crippen molar-refractivity contribution in [3.05, 3.63) is 54.1 Å². The Kier molecular flexibility index (Phi) is 6.99. The van der Waals surface area contributed by atoms with Gasteiger partial charge in [-0.3, -0.25) is 10.1 Å². The third kappa shape index (κ3) is 5.07. The number of aromatic hydroxyl groups is 2. The van der Waals surface area contributed by atoms with Crippen molar-refractivity contribution >= 4 is 28.5 Å². The second-order valence-electron chi connectivity index (χ2n) is 6.84. The van der Waals surface area contributed by atoms with E-state index < -0.39 is 17.9 Å². The van der Waals surface area contributed by atoms with Crippen LogP contribution in [0.2, 0.25) is 0 Å². The normalized spacial score (nSPS) is 10.9. The first-order chi connectivity index (χ1) is 14.9. The molecule has 0 fully saturated rings. The quantitative estimate of drug-likeness (QED) is 0.440. The molecule has 164 valence electrons. The minimum absolute atomic E-state index is 0.246. The van der Waals surface area contributed by atoms with Gasteiger partial charge in [0, 0.05) is 25.2 Å². The topological polar surface area (TPSA) is 116 Å². The van der Waals surface area contributed by atoms with Gasteiger partial charge in [-0.2, -0.15) is 0 Å². The average Bonchev–Trinajstić information content (AvgIpc) is 3.08. The molecule has 0 saturated carbocycles. The first-order valence-corrected chi connectivity index (χ1v) is 10.1. The molecule has 9 heteroatoms. The summed E-state index contributed by atoms with van der Waals surface area (Å²) in [6, 6.07) is 13.1. The summed E-state index contributed by atoms with van der Waals surface area (Å²) in [4.78, 5) is 32.5. The molecule has 0 atom stereocenters. The number of hydrogen-bond acceptors (Lipinski definition) is 6. The minimum atomic E-state index is -0.978. The van der Waals surface area contributed by atoms with E-state index in [4.69, 9.17) is 4.84 Å². The lowest BCUT2D eigenvalue weighted by molar-refractivity contribution is 0.0951. The van der Waals surface area contributed by atoms with Crippen LogP contribution in [0.5, 0.6) is 11.8 Å². The highest BCUT2D eigenvalue weighted by molar-refractivity contribution is 6.13. The Labute approximate surface area is 179 Å². The Balaban J connectivity index is 1.84. The molecular weight excluding hydrogens is 400 g/mol. The van der Waals surface area contributed by atoms with Crippen LogP contribution in [-0.2, 0) is 0 Å². The van der Waals surface area contributed by atoms with Crippen LogP contribution >= 0.6 is 0 Å². The number of nitrogens with zero attached hydrogens (tertiary/aromatic N) is 2. The predicted molar refractivity (Wildman–Crippen MR) is 117 cm³/mol. The van der Waals surface area contributed by atoms with E-state index in [0.717, 1.165) is 18.5 Å². The van der Waals surface area contributed by atoms with Crippen molar-refractivity contribution in [1.29, 1.82) is 0 Å². The number of benzene rings is 2. The molecule has 0 aliphatic rings. The van der Waals surface area contributed by atoms with Crippen molar-refractivity contribution in [3.63, 3.8) is 0 Å². The van der Waals surface area contributed by atoms with Crippen molar-refractivity contribution < 1.29 is 24.6 Å². The first-order valence-electron chi connectivity index (χ1n) is 10.1. The van der Waals surface area contributed by atoms with Crippen LogP contribution in [-0.4, -0.2) is 58.0 Å². The first kappa shape index (κ1) is 22.0. The van der Waals surface area contributed by atoms with Crippen molar-refractivity contribution in [2.45, 2.75) is 13.8 Å². The summed E-state index contributed by atoms with van der Waals surface area (Å²) in [5.41, 5.74) is 0.547. The standard InChI is InChI=1S/C22H26N4O5/c1-3-25(4-2)14-13-23-21(29)20-16-8-6-5-7-15(16)9-10-17(20)24-22(30)31-26-18(27)11-12-19(26)28/h5-12,27-28H,3-4,13-14H2,1-2H3,(H,23,29)(H,24,30). The number of fused-ring (bicyclic) bond motifs is 1. The summed E-state index contributed by atoms with van der Waals surface area (Å²) in [7, 11) is 0. The summed E-state index contributed by atoms with van der Waals surface area (Å²) in [6.07, 6.45) is -0.978. The lowest BCUT2D eigenvalue weighted by atomic mass is 10.0. The number of rotatable bonds is 8. The SMILES string of the molecule is CCN(CC)CCNC(=O)c1c(NC(=O)On2c(O)ccc2O)ccc2ccccc12. The monoisotopic (exact) mass is 426 g/mol. The van der Waals surface area contributed by atoms with Crippen molar-refractivity contribution in [1.82, 2.24) is 14.9 Å². The third-order valence-electron chi connectivity index (χ3n) is 4.97. The van der Waals surface area contributed by atoms with Gasteiger partial charge >= 0.3 is 6.09 Å². The van der Waals surface area contributed by atoms with Gasteiger partial charge in [0.1, 0.15) is 0 Å². The third-order valence-corrected chi connectivity index (χ3v) is 4.97. The van der Waals surface area contributed by atoms with Gasteiger partial charge < -0.3 is 25.3 Å². The summed E-state index contributed by atoms with van der Waals surface area (Å²) in [6.45, 7) is 7.06. The van der Waals surface area contributed by atoms with Gasteiger partial charge in [0.05, 0.1) is 11.3 Å². The zero-order valence-electron chi connectivity index (χ0n) is 17.5.